The van der Waals surface area contributed by atoms with Gasteiger partial charge in [-0.1, -0.05) is 26.7 Å². The van der Waals surface area contributed by atoms with Gasteiger partial charge in [-0.25, -0.2) is 13.1 Å². The molecule has 0 aliphatic rings. The summed E-state index contributed by atoms with van der Waals surface area (Å²) >= 11 is 1.28. The number of hydrogen-bond donors (Lipinski definition) is 2. The van der Waals surface area contributed by atoms with E-state index in [1.807, 2.05) is 0 Å². The van der Waals surface area contributed by atoms with E-state index in [-0.39, 0.29) is 11.5 Å². The standard InChI is InChI=1S/C13H23NO3S2/c1-10(2)6-4-5-7-14-19(16,17)13-11(3)9-18-12(13)8-15/h9-10,14-15H,4-8H2,1-3H3. The molecule has 0 radical (unpaired) electrons. The molecule has 4 nitrogen and oxygen atoms in total. The average Bonchev–Trinajstić information content (AvgIpc) is 2.70. The van der Waals surface area contributed by atoms with Crippen LogP contribution in [0, 0.1) is 12.8 Å². The summed E-state index contributed by atoms with van der Waals surface area (Å²) in [6.07, 6.45) is 2.98. The number of rotatable bonds is 8. The van der Waals surface area contributed by atoms with Gasteiger partial charge in [0.2, 0.25) is 10.0 Å². The van der Waals surface area contributed by atoms with E-state index in [4.69, 9.17) is 0 Å². The Kier molecular flexibility index (Phi) is 6.46. The smallest absolute Gasteiger partial charge is 0.242 e. The molecule has 0 saturated heterocycles. The molecule has 0 fully saturated rings. The maximum absolute atomic E-state index is 12.2. The molecule has 2 N–H and O–H groups in total. The molecule has 0 aliphatic carbocycles. The highest BCUT2D eigenvalue weighted by atomic mass is 32.2. The molecule has 0 aromatic carbocycles. The van der Waals surface area contributed by atoms with Crippen molar-refractivity contribution in [1.29, 1.82) is 0 Å². The molecule has 1 aromatic heterocycles. The first-order chi connectivity index (χ1) is 8.88. The molecule has 1 aromatic rings. The second kappa shape index (κ2) is 7.38. The third-order valence-corrected chi connectivity index (χ3v) is 5.81. The summed E-state index contributed by atoms with van der Waals surface area (Å²) < 4.78 is 27.0. The van der Waals surface area contributed by atoms with Crippen LogP contribution < -0.4 is 4.72 Å². The van der Waals surface area contributed by atoms with E-state index < -0.39 is 10.0 Å². The molecule has 6 heteroatoms. The predicted octanol–water partition coefficient (Wildman–Crippen LogP) is 2.65. The van der Waals surface area contributed by atoms with Crippen LogP contribution in [0.4, 0.5) is 0 Å². The van der Waals surface area contributed by atoms with Crippen LogP contribution >= 0.6 is 11.3 Å². The van der Waals surface area contributed by atoms with Gasteiger partial charge in [-0.05, 0) is 30.2 Å². The summed E-state index contributed by atoms with van der Waals surface area (Å²) in [5.74, 6) is 0.650. The van der Waals surface area contributed by atoms with Crippen LogP contribution in [-0.4, -0.2) is 20.1 Å². The van der Waals surface area contributed by atoms with Gasteiger partial charge >= 0.3 is 0 Å². The number of aryl methyl sites for hydroxylation is 1. The van der Waals surface area contributed by atoms with Gasteiger partial charge in [0.05, 0.1) is 11.5 Å². The van der Waals surface area contributed by atoms with E-state index >= 15 is 0 Å². The molecule has 0 amide bonds. The second-order valence-corrected chi connectivity index (χ2v) is 7.78. The quantitative estimate of drug-likeness (QED) is 0.726. The molecular formula is C13H23NO3S2. The number of thiophene rings is 1. The SMILES string of the molecule is Cc1csc(CO)c1S(=O)(=O)NCCCCC(C)C. The summed E-state index contributed by atoms with van der Waals surface area (Å²) in [4.78, 5) is 0.760. The Morgan fingerprint density at radius 2 is 2.05 bits per heavy atom. The Balaban J connectivity index is 2.59. The van der Waals surface area contributed by atoms with E-state index in [1.54, 1.807) is 12.3 Å². The minimum absolute atomic E-state index is 0.234. The molecular weight excluding hydrogens is 282 g/mol. The molecule has 0 saturated carbocycles. The number of aliphatic hydroxyl groups is 1. The third-order valence-electron chi connectivity index (χ3n) is 2.90. The topological polar surface area (TPSA) is 66.4 Å². The fourth-order valence-corrected chi connectivity index (χ4v) is 4.65. The fourth-order valence-electron chi connectivity index (χ4n) is 1.91. The number of hydrogen-bond acceptors (Lipinski definition) is 4. The van der Waals surface area contributed by atoms with E-state index in [0.29, 0.717) is 22.9 Å². The monoisotopic (exact) mass is 305 g/mol. The molecule has 110 valence electrons. The number of aliphatic hydroxyl groups excluding tert-OH is 1. The van der Waals surface area contributed by atoms with Crippen LogP contribution in [0.1, 0.15) is 43.6 Å². The van der Waals surface area contributed by atoms with Crippen molar-refractivity contribution < 1.29 is 13.5 Å². The molecule has 1 rings (SSSR count). The van der Waals surface area contributed by atoms with Crippen molar-refractivity contribution in [3.8, 4) is 0 Å². The highest BCUT2D eigenvalue weighted by molar-refractivity contribution is 7.89. The highest BCUT2D eigenvalue weighted by Crippen LogP contribution is 2.26. The normalized spacial score (nSPS) is 12.3. The van der Waals surface area contributed by atoms with E-state index in [0.717, 1.165) is 19.3 Å². The summed E-state index contributed by atoms with van der Waals surface area (Å²) in [7, 11) is -3.49. The maximum atomic E-state index is 12.2. The summed E-state index contributed by atoms with van der Waals surface area (Å²) in [5.41, 5.74) is 0.698. The van der Waals surface area contributed by atoms with Crippen molar-refractivity contribution >= 4 is 21.4 Å². The molecule has 0 spiro atoms. The van der Waals surface area contributed by atoms with Gasteiger partial charge in [-0.2, -0.15) is 0 Å². The van der Waals surface area contributed by atoms with Crippen molar-refractivity contribution in [2.24, 2.45) is 5.92 Å². The Hall–Kier alpha value is -0.430. The second-order valence-electron chi connectivity index (χ2n) is 5.12. The number of unbranched alkanes of at least 4 members (excludes halogenated alkanes) is 1. The first kappa shape index (κ1) is 16.6. The first-order valence-electron chi connectivity index (χ1n) is 6.56. The summed E-state index contributed by atoms with van der Waals surface area (Å²) in [6.45, 7) is 6.29. The zero-order valence-corrected chi connectivity index (χ0v) is 13.4. The Morgan fingerprint density at radius 1 is 1.37 bits per heavy atom. The van der Waals surface area contributed by atoms with Crippen LogP contribution in [0.25, 0.3) is 0 Å². The van der Waals surface area contributed by atoms with Crippen molar-refractivity contribution in [1.82, 2.24) is 4.72 Å². The van der Waals surface area contributed by atoms with Crippen LogP contribution in [0.3, 0.4) is 0 Å². The third kappa shape index (κ3) is 4.87. The zero-order valence-electron chi connectivity index (χ0n) is 11.8. The Labute approximate surface area is 119 Å². The van der Waals surface area contributed by atoms with Gasteiger partial charge < -0.3 is 5.11 Å². The molecule has 0 unspecified atom stereocenters. The van der Waals surface area contributed by atoms with Crippen molar-refractivity contribution in [3.63, 3.8) is 0 Å². The molecule has 0 atom stereocenters. The van der Waals surface area contributed by atoms with Crippen molar-refractivity contribution in [3.05, 3.63) is 15.8 Å². The average molecular weight is 305 g/mol. The largest absolute Gasteiger partial charge is 0.391 e. The molecule has 0 bridgehead atoms. The van der Waals surface area contributed by atoms with E-state index in [9.17, 15) is 13.5 Å². The lowest BCUT2D eigenvalue weighted by Crippen LogP contribution is -2.25. The Bertz CT molecular complexity index is 492. The number of nitrogens with one attached hydrogen (secondary N) is 1. The molecule has 19 heavy (non-hydrogen) atoms. The van der Waals surface area contributed by atoms with Gasteiger partial charge in [0.1, 0.15) is 4.90 Å². The van der Waals surface area contributed by atoms with Gasteiger partial charge in [0.25, 0.3) is 0 Å². The fraction of sp³-hybridized carbons (Fsp3) is 0.692. The van der Waals surface area contributed by atoms with Gasteiger partial charge in [0, 0.05) is 6.54 Å². The van der Waals surface area contributed by atoms with E-state index in [1.165, 1.54) is 11.3 Å². The van der Waals surface area contributed by atoms with Crippen LogP contribution in [-0.2, 0) is 16.6 Å². The van der Waals surface area contributed by atoms with Crippen LogP contribution in [0.2, 0.25) is 0 Å². The van der Waals surface area contributed by atoms with Gasteiger partial charge in [0.15, 0.2) is 0 Å². The molecule has 1 heterocycles. The lowest BCUT2D eigenvalue weighted by atomic mass is 10.1. The molecule has 0 aliphatic heterocycles. The first-order valence-corrected chi connectivity index (χ1v) is 8.92. The van der Waals surface area contributed by atoms with Crippen LogP contribution in [0.15, 0.2) is 10.3 Å². The predicted molar refractivity (Wildman–Crippen MR) is 78.9 cm³/mol. The lowest BCUT2D eigenvalue weighted by Gasteiger charge is -2.09. The van der Waals surface area contributed by atoms with Gasteiger partial charge in [-0.3, -0.25) is 0 Å². The minimum Gasteiger partial charge on any atom is -0.391 e. The minimum atomic E-state index is -3.49. The lowest BCUT2D eigenvalue weighted by molar-refractivity contribution is 0.282. The van der Waals surface area contributed by atoms with E-state index in [2.05, 4.69) is 18.6 Å². The summed E-state index contributed by atoms with van der Waals surface area (Å²) in [6, 6.07) is 0. The van der Waals surface area contributed by atoms with Crippen LogP contribution in [0.5, 0.6) is 0 Å². The van der Waals surface area contributed by atoms with Gasteiger partial charge in [-0.15, -0.1) is 11.3 Å². The Morgan fingerprint density at radius 3 is 2.63 bits per heavy atom. The van der Waals surface area contributed by atoms with Crippen molar-refractivity contribution in [2.75, 3.05) is 6.54 Å². The maximum Gasteiger partial charge on any atom is 0.242 e. The summed E-state index contributed by atoms with van der Waals surface area (Å²) in [5, 5.41) is 10.9. The van der Waals surface area contributed by atoms with Crippen molar-refractivity contribution in [2.45, 2.75) is 51.5 Å². The zero-order chi connectivity index (χ0) is 14.5. The number of sulfonamides is 1. The highest BCUT2D eigenvalue weighted by Gasteiger charge is 2.21.